The van der Waals surface area contributed by atoms with Crippen LogP contribution in [0.4, 0.5) is 0 Å². The highest BCUT2D eigenvalue weighted by Gasteiger charge is 2.24. The van der Waals surface area contributed by atoms with Crippen molar-refractivity contribution in [2.24, 2.45) is 5.92 Å². The summed E-state index contributed by atoms with van der Waals surface area (Å²) in [7, 11) is 2.11. The average Bonchev–Trinajstić information content (AvgIpc) is 2.80. The van der Waals surface area contributed by atoms with E-state index in [0.29, 0.717) is 18.2 Å². The number of hydrogen-bond donors (Lipinski definition) is 0. The van der Waals surface area contributed by atoms with E-state index in [-0.39, 0.29) is 5.97 Å². The second-order valence-corrected chi connectivity index (χ2v) is 5.18. The summed E-state index contributed by atoms with van der Waals surface area (Å²) in [5.74, 6) is 0.531. The molecule has 1 atom stereocenters. The molecule has 0 bridgehead atoms. The molecule has 98 valence electrons. The Morgan fingerprint density at radius 2 is 2.06 bits per heavy atom. The first-order valence-electron chi connectivity index (χ1n) is 6.55. The number of rotatable bonds is 6. The van der Waals surface area contributed by atoms with Gasteiger partial charge in [0.1, 0.15) is 6.61 Å². The van der Waals surface area contributed by atoms with Gasteiger partial charge < -0.3 is 9.64 Å². The fraction of sp³-hybridized carbons (Fsp3) is 0.786. The number of likely N-dealkylation sites (N-methyl/N-ethyl adjacent to an activating group) is 1. The molecule has 1 unspecified atom stereocenters. The van der Waals surface area contributed by atoms with E-state index < -0.39 is 0 Å². The first-order valence-corrected chi connectivity index (χ1v) is 6.55. The van der Waals surface area contributed by atoms with Crippen LogP contribution in [0.3, 0.4) is 0 Å². The summed E-state index contributed by atoms with van der Waals surface area (Å²) < 4.78 is 5.11. The molecule has 0 aromatic carbocycles. The number of carbonyl (C=O) groups is 1. The zero-order valence-electron chi connectivity index (χ0n) is 11.4. The van der Waals surface area contributed by atoms with Crippen molar-refractivity contribution in [1.29, 1.82) is 0 Å². The highest BCUT2D eigenvalue weighted by atomic mass is 16.5. The SMILES string of the molecule is C=C(C)C(=O)OCCN(C)C(C)C1CCCC1. The van der Waals surface area contributed by atoms with Gasteiger partial charge in [0.25, 0.3) is 0 Å². The monoisotopic (exact) mass is 239 g/mol. The second kappa shape index (κ2) is 6.80. The van der Waals surface area contributed by atoms with Gasteiger partial charge in [-0.2, -0.15) is 0 Å². The van der Waals surface area contributed by atoms with Crippen molar-refractivity contribution in [3.8, 4) is 0 Å². The lowest BCUT2D eigenvalue weighted by molar-refractivity contribution is -0.139. The first-order chi connectivity index (χ1) is 8.02. The Bertz CT molecular complexity index is 269. The van der Waals surface area contributed by atoms with Gasteiger partial charge in [-0.3, -0.25) is 0 Å². The standard InChI is InChI=1S/C14H25NO2/c1-11(2)14(16)17-10-9-15(4)12(3)13-7-5-6-8-13/h12-13H,1,5-10H2,2-4H3. The summed E-state index contributed by atoms with van der Waals surface area (Å²) in [5, 5.41) is 0. The smallest absolute Gasteiger partial charge is 0.333 e. The molecule has 1 aliphatic rings. The summed E-state index contributed by atoms with van der Waals surface area (Å²) in [5.41, 5.74) is 0.469. The zero-order chi connectivity index (χ0) is 12.8. The first kappa shape index (κ1) is 14.2. The molecule has 1 rings (SSSR count). The fourth-order valence-corrected chi connectivity index (χ4v) is 2.41. The molecule has 0 N–H and O–H groups in total. The van der Waals surface area contributed by atoms with Crippen LogP contribution in [-0.2, 0) is 9.53 Å². The van der Waals surface area contributed by atoms with Crippen LogP contribution in [0, 0.1) is 5.92 Å². The predicted molar refractivity (Wildman–Crippen MR) is 69.8 cm³/mol. The molecule has 0 heterocycles. The Kier molecular flexibility index (Phi) is 5.69. The Balaban J connectivity index is 2.21. The summed E-state index contributed by atoms with van der Waals surface area (Å²) >= 11 is 0. The van der Waals surface area contributed by atoms with E-state index >= 15 is 0 Å². The Morgan fingerprint density at radius 3 is 2.59 bits per heavy atom. The minimum absolute atomic E-state index is 0.285. The maximum atomic E-state index is 11.2. The molecule has 3 heteroatoms. The molecule has 0 aromatic heterocycles. The van der Waals surface area contributed by atoms with Gasteiger partial charge in [-0.15, -0.1) is 0 Å². The van der Waals surface area contributed by atoms with E-state index in [2.05, 4.69) is 25.5 Å². The molecule has 0 aliphatic heterocycles. The van der Waals surface area contributed by atoms with E-state index in [1.807, 2.05) is 0 Å². The number of esters is 1. The number of ether oxygens (including phenoxy) is 1. The van der Waals surface area contributed by atoms with E-state index in [0.717, 1.165) is 12.5 Å². The molecule has 1 aliphatic carbocycles. The summed E-state index contributed by atoms with van der Waals surface area (Å²) in [6.45, 7) is 8.77. The summed E-state index contributed by atoms with van der Waals surface area (Å²) in [6, 6.07) is 0.584. The maximum Gasteiger partial charge on any atom is 0.333 e. The minimum Gasteiger partial charge on any atom is -0.461 e. The predicted octanol–water partition coefficient (Wildman–Crippen LogP) is 2.62. The molecule has 1 saturated carbocycles. The van der Waals surface area contributed by atoms with E-state index in [9.17, 15) is 4.79 Å². The lowest BCUT2D eigenvalue weighted by Gasteiger charge is -2.29. The van der Waals surface area contributed by atoms with Crippen LogP contribution in [0.2, 0.25) is 0 Å². The van der Waals surface area contributed by atoms with Gasteiger partial charge >= 0.3 is 5.97 Å². The topological polar surface area (TPSA) is 29.5 Å². The van der Waals surface area contributed by atoms with Crippen molar-refractivity contribution in [2.75, 3.05) is 20.2 Å². The lowest BCUT2D eigenvalue weighted by Crippen LogP contribution is -2.37. The largest absolute Gasteiger partial charge is 0.461 e. The van der Waals surface area contributed by atoms with Crippen molar-refractivity contribution in [1.82, 2.24) is 4.90 Å². The Morgan fingerprint density at radius 1 is 1.47 bits per heavy atom. The molecule has 3 nitrogen and oxygen atoms in total. The van der Waals surface area contributed by atoms with Gasteiger partial charge in [-0.25, -0.2) is 4.79 Å². The highest BCUT2D eigenvalue weighted by molar-refractivity contribution is 5.86. The third-order valence-corrected chi connectivity index (χ3v) is 3.80. The zero-order valence-corrected chi connectivity index (χ0v) is 11.4. The average molecular weight is 239 g/mol. The normalized spacial score (nSPS) is 18.4. The molecule has 0 amide bonds. The van der Waals surface area contributed by atoms with Gasteiger partial charge in [-0.1, -0.05) is 19.4 Å². The van der Waals surface area contributed by atoms with Crippen molar-refractivity contribution >= 4 is 5.97 Å². The van der Waals surface area contributed by atoms with E-state index in [1.165, 1.54) is 25.7 Å². The number of hydrogen-bond acceptors (Lipinski definition) is 3. The molecule has 0 radical (unpaired) electrons. The Labute approximate surface area is 105 Å². The molecule has 0 aromatic rings. The fourth-order valence-electron chi connectivity index (χ4n) is 2.41. The third-order valence-electron chi connectivity index (χ3n) is 3.80. The van der Waals surface area contributed by atoms with Gasteiger partial charge in [0.2, 0.25) is 0 Å². The summed E-state index contributed by atoms with van der Waals surface area (Å²) in [6.07, 6.45) is 5.43. The van der Waals surface area contributed by atoms with Crippen LogP contribution in [-0.4, -0.2) is 37.1 Å². The van der Waals surface area contributed by atoms with Crippen LogP contribution in [0.1, 0.15) is 39.5 Å². The van der Waals surface area contributed by atoms with Crippen LogP contribution in [0.15, 0.2) is 12.2 Å². The van der Waals surface area contributed by atoms with Crippen LogP contribution in [0.5, 0.6) is 0 Å². The molecule has 0 saturated heterocycles. The molecule has 1 fully saturated rings. The van der Waals surface area contributed by atoms with Crippen molar-refractivity contribution in [2.45, 2.75) is 45.6 Å². The number of nitrogens with zero attached hydrogens (tertiary/aromatic N) is 1. The molecule has 17 heavy (non-hydrogen) atoms. The van der Waals surface area contributed by atoms with Crippen molar-refractivity contribution < 1.29 is 9.53 Å². The highest BCUT2D eigenvalue weighted by Crippen LogP contribution is 2.29. The van der Waals surface area contributed by atoms with E-state index in [4.69, 9.17) is 4.74 Å². The van der Waals surface area contributed by atoms with Crippen LogP contribution < -0.4 is 0 Å². The van der Waals surface area contributed by atoms with Gasteiger partial charge in [0.05, 0.1) is 0 Å². The molecule has 0 spiro atoms. The van der Waals surface area contributed by atoms with Gasteiger partial charge in [0, 0.05) is 18.2 Å². The van der Waals surface area contributed by atoms with Crippen molar-refractivity contribution in [3.05, 3.63) is 12.2 Å². The number of carbonyl (C=O) groups excluding carboxylic acids is 1. The van der Waals surface area contributed by atoms with Gasteiger partial charge in [-0.05, 0) is 39.7 Å². The van der Waals surface area contributed by atoms with Gasteiger partial charge in [0.15, 0.2) is 0 Å². The van der Waals surface area contributed by atoms with Crippen LogP contribution >= 0.6 is 0 Å². The quantitative estimate of drug-likeness (QED) is 0.527. The molecular weight excluding hydrogens is 214 g/mol. The lowest BCUT2D eigenvalue weighted by atomic mass is 9.99. The Hall–Kier alpha value is -0.830. The van der Waals surface area contributed by atoms with E-state index in [1.54, 1.807) is 6.92 Å². The third kappa shape index (κ3) is 4.50. The van der Waals surface area contributed by atoms with Crippen molar-refractivity contribution in [3.63, 3.8) is 0 Å². The molecular formula is C14H25NO2. The summed E-state index contributed by atoms with van der Waals surface area (Å²) in [4.78, 5) is 13.5. The minimum atomic E-state index is -0.285. The maximum absolute atomic E-state index is 11.2. The van der Waals surface area contributed by atoms with Crippen LogP contribution in [0.25, 0.3) is 0 Å². The second-order valence-electron chi connectivity index (χ2n) is 5.18.